The first-order chi connectivity index (χ1) is 14.7. The van der Waals surface area contributed by atoms with Crippen LogP contribution < -0.4 is 15.5 Å². The lowest BCUT2D eigenvalue weighted by molar-refractivity contribution is 0.0341. The van der Waals surface area contributed by atoms with Crippen molar-refractivity contribution >= 4 is 11.6 Å². The van der Waals surface area contributed by atoms with Crippen LogP contribution >= 0.6 is 0 Å². The molecule has 0 aliphatic carbocycles. The number of nitrogens with zero attached hydrogens (tertiary/aromatic N) is 3. The third-order valence-electron chi connectivity index (χ3n) is 5.25. The van der Waals surface area contributed by atoms with Crippen LogP contribution in [0.3, 0.4) is 0 Å². The molecule has 0 saturated carbocycles. The standard InChI is InChI=1S/C24H35N5O/c1-4-25-24(26-17-20-8-7-11-23(16-20)28(2)3)27-18-21-9-5-6-10-22(21)19-29-12-14-30-15-13-29/h5-11,16H,4,12-15,17-19H2,1-3H3,(H2,25,26,27). The Hall–Kier alpha value is -2.57. The summed E-state index contributed by atoms with van der Waals surface area (Å²) in [5.74, 6) is 0.842. The molecule has 1 saturated heterocycles. The first-order valence-corrected chi connectivity index (χ1v) is 10.8. The van der Waals surface area contributed by atoms with Crippen LogP contribution in [-0.4, -0.2) is 57.8 Å². The normalized spacial score (nSPS) is 15.1. The van der Waals surface area contributed by atoms with Gasteiger partial charge in [0, 0.05) is 52.5 Å². The van der Waals surface area contributed by atoms with Gasteiger partial charge in [0.25, 0.3) is 0 Å². The second-order valence-electron chi connectivity index (χ2n) is 7.77. The predicted molar refractivity (Wildman–Crippen MR) is 125 cm³/mol. The van der Waals surface area contributed by atoms with Gasteiger partial charge < -0.3 is 20.3 Å². The van der Waals surface area contributed by atoms with Gasteiger partial charge in [0.15, 0.2) is 5.96 Å². The third kappa shape index (κ3) is 6.75. The van der Waals surface area contributed by atoms with Crippen molar-refractivity contribution < 1.29 is 4.74 Å². The van der Waals surface area contributed by atoms with Crippen LogP contribution in [0.4, 0.5) is 5.69 Å². The van der Waals surface area contributed by atoms with E-state index in [9.17, 15) is 0 Å². The number of ether oxygens (including phenoxy) is 1. The molecule has 30 heavy (non-hydrogen) atoms. The first-order valence-electron chi connectivity index (χ1n) is 10.8. The molecule has 1 fully saturated rings. The number of guanidine groups is 1. The smallest absolute Gasteiger partial charge is 0.191 e. The molecule has 2 aromatic carbocycles. The van der Waals surface area contributed by atoms with Crippen LogP contribution in [0.1, 0.15) is 23.6 Å². The molecule has 6 heteroatoms. The van der Waals surface area contributed by atoms with E-state index < -0.39 is 0 Å². The van der Waals surface area contributed by atoms with Crippen LogP contribution in [0, 0.1) is 0 Å². The number of hydrogen-bond acceptors (Lipinski definition) is 4. The maximum absolute atomic E-state index is 5.48. The molecule has 1 heterocycles. The summed E-state index contributed by atoms with van der Waals surface area (Å²) in [6.45, 7) is 8.94. The van der Waals surface area contributed by atoms with E-state index in [1.807, 2.05) is 0 Å². The first kappa shape index (κ1) is 22.1. The maximum atomic E-state index is 5.48. The topological polar surface area (TPSA) is 52.1 Å². The molecule has 6 nitrogen and oxygen atoms in total. The van der Waals surface area contributed by atoms with Crippen molar-refractivity contribution in [3.63, 3.8) is 0 Å². The summed E-state index contributed by atoms with van der Waals surface area (Å²) in [5, 5.41) is 6.87. The number of morpholine rings is 1. The Morgan fingerprint density at radius 3 is 2.53 bits per heavy atom. The van der Waals surface area contributed by atoms with Gasteiger partial charge >= 0.3 is 0 Å². The Labute approximate surface area is 180 Å². The molecular weight excluding hydrogens is 374 g/mol. The van der Waals surface area contributed by atoms with Crippen LogP contribution in [0.5, 0.6) is 0 Å². The van der Waals surface area contributed by atoms with Crippen molar-refractivity contribution in [3.05, 3.63) is 65.2 Å². The maximum Gasteiger partial charge on any atom is 0.191 e. The zero-order valence-electron chi connectivity index (χ0n) is 18.5. The second kappa shape index (κ2) is 11.6. The zero-order valence-corrected chi connectivity index (χ0v) is 18.5. The summed E-state index contributed by atoms with van der Waals surface area (Å²) < 4.78 is 5.48. The minimum atomic E-state index is 0.645. The van der Waals surface area contributed by atoms with E-state index in [0.29, 0.717) is 6.54 Å². The van der Waals surface area contributed by atoms with Crippen LogP contribution in [0.2, 0.25) is 0 Å². The highest BCUT2D eigenvalue weighted by Gasteiger charge is 2.12. The van der Waals surface area contributed by atoms with E-state index in [1.165, 1.54) is 22.4 Å². The molecule has 0 aromatic heterocycles. The van der Waals surface area contributed by atoms with E-state index in [-0.39, 0.29) is 0 Å². The summed E-state index contributed by atoms with van der Waals surface area (Å²) in [4.78, 5) is 9.36. The summed E-state index contributed by atoms with van der Waals surface area (Å²) in [6.07, 6.45) is 0. The van der Waals surface area contributed by atoms with Gasteiger partial charge in [-0.25, -0.2) is 4.99 Å². The molecule has 0 amide bonds. The summed E-state index contributed by atoms with van der Waals surface area (Å²) in [6, 6.07) is 17.2. The van der Waals surface area contributed by atoms with Crippen molar-refractivity contribution in [2.45, 2.75) is 26.6 Å². The predicted octanol–water partition coefficient (Wildman–Crippen LogP) is 2.84. The van der Waals surface area contributed by atoms with Gasteiger partial charge in [-0.05, 0) is 35.7 Å². The van der Waals surface area contributed by atoms with Crippen molar-refractivity contribution in [2.75, 3.05) is 51.8 Å². The Morgan fingerprint density at radius 2 is 1.80 bits per heavy atom. The van der Waals surface area contributed by atoms with Gasteiger partial charge in [-0.15, -0.1) is 0 Å². The van der Waals surface area contributed by atoms with Crippen LogP contribution in [-0.2, 0) is 24.4 Å². The largest absolute Gasteiger partial charge is 0.379 e. The fourth-order valence-electron chi connectivity index (χ4n) is 3.51. The number of aliphatic imine (C=N–C) groups is 1. The van der Waals surface area contributed by atoms with Gasteiger partial charge in [0.05, 0.1) is 19.8 Å². The van der Waals surface area contributed by atoms with Crippen molar-refractivity contribution in [1.82, 2.24) is 15.5 Å². The minimum absolute atomic E-state index is 0.645. The monoisotopic (exact) mass is 409 g/mol. The van der Waals surface area contributed by atoms with Gasteiger partial charge in [0.1, 0.15) is 0 Å². The molecule has 2 aromatic rings. The number of benzene rings is 2. The van der Waals surface area contributed by atoms with Crippen LogP contribution in [0.25, 0.3) is 0 Å². The summed E-state index contributed by atoms with van der Waals surface area (Å²) in [5.41, 5.74) is 5.06. The Kier molecular flexibility index (Phi) is 8.53. The average Bonchev–Trinajstić information content (AvgIpc) is 2.77. The molecule has 0 spiro atoms. The Morgan fingerprint density at radius 1 is 1.03 bits per heavy atom. The molecule has 3 rings (SSSR count). The quantitative estimate of drug-likeness (QED) is 0.519. The SMILES string of the molecule is CCNC(=NCc1cccc(N(C)C)c1)NCc1ccccc1CN1CCOCC1. The highest BCUT2D eigenvalue weighted by Crippen LogP contribution is 2.15. The second-order valence-corrected chi connectivity index (χ2v) is 7.77. The summed E-state index contributed by atoms with van der Waals surface area (Å²) >= 11 is 0. The lowest BCUT2D eigenvalue weighted by atomic mass is 10.1. The summed E-state index contributed by atoms with van der Waals surface area (Å²) in [7, 11) is 4.12. The molecule has 0 atom stereocenters. The highest BCUT2D eigenvalue weighted by atomic mass is 16.5. The van der Waals surface area contributed by atoms with Crippen molar-refractivity contribution in [2.24, 2.45) is 4.99 Å². The number of hydrogen-bond donors (Lipinski definition) is 2. The number of nitrogens with one attached hydrogen (secondary N) is 2. The fourth-order valence-corrected chi connectivity index (χ4v) is 3.51. The fraction of sp³-hybridized carbons (Fsp3) is 0.458. The minimum Gasteiger partial charge on any atom is -0.379 e. The van der Waals surface area contributed by atoms with E-state index in [2.05, 4.69) is 90.0 Å². The van der Waals surface area contributed by atoms with E-state index in [4.69, 9.17) is 9.73 Å². The molecule has 162 valence electrons. The zero-order chi connectivity index (χ0) is 21.2. The van der Waals surface area contributed by atoms with Gasteiger partial charge in [-0.1, -0.05) is 36.4 Å². The van der Waals surface area contributed by atoms with E-state index >= 15 is 0 Å². The molecular formula is C24H35N5O. The van der Waals surface area contributed by atoms with Gasteiger partial charge in [-0.3, -0.25) is 4.90 Å². The number of anilines is 1. The molecule has 0 unspecified atom stereocenters. The number of rotatable bonds is 8. The van der Waals surface area contributed by atoms with Gasteiger partial charge in [0.2, 0.25) is 0 Å². The lowest BCUT2D eigenvalue weighted by Crippen LogP contribution is -2.38. The lowest BCUT2D eigenvalue weighted by Gasteiger charge is -2.27. The van der Waals surface area contributed by atoms with E-state index in [1.54, 1.807) is 0 Å². The van der Waals surface area contributed by atoms with Crippen LogP contribution in [0.15, 0.2) is 53.5 Å². The van der Waals surface area contributed by atoms with Gasteiger partial charge in [-0.2, -0.15) is 0 Å². The molecule has 1 aliphatic heterocycles. The van der Waals surface area contributed by atoms with Crippen molar-refractivity contribution in [3.8, 4) is 0 Å². The van der Waals surface area contributed by atoms with E-state index in [0.717, 1.165) is 51.9 Å². The molecule has 1 aliphatic rings. The average molecular weight is 410 g/mol. The third-order valence-corrected chi connectivity index (χ3v) is 5.25. The van der Waals surface area contributed by atoms with Crippen molar-refractivity contribution in [1.29, 1.82) is 0 Å². The molecule has 0 bridgehead atoms. The highest BCUT2D eigenvalue weighted by molar-refractivity contribution is 5.79. The molecule has 2 N–H and O–H groups in total. The molecule has 0 radical (unpaired) electrons. The Bertz CT molecular complexity index is 815. The Balaban J connectivity index is 1.63.